The van der Waals surface area contributed by atoms with Crippen molar-refractivity contribution in [2.24, 2.45) is 11.7 Å². The molecule has 2 rings (SSSR count). The van der Waals surface area contributed by atoms with E-state index in [1.807, 2.05) is 13.0 Å². The van der Waals surface area contributed by atoms with Crippen molar-refractivity contribution in [3.05, 3.63) is 29.3 Å². The first-order valence-corrected chi connectivity index (χ1v) is 6.84. The minimum Gasteiger partial charge on any atom is -0.478 e. The Labute approximate surface area is 118 Å². The molecule has 0 aliphatic carbocycles. The molecule has 1 heterocycles. The Morgan fingerprint density at radius 3 is 2.50 bits per heavy atom. The third-order valence-electron chi connectivity index (χ3n) is 3.89. The van der Waals surface area contributed by atoms with Gasteiger partial charge >= 0.3 is 5.97 Å². The predicted octanol–water partition coefficient (Wildman–Crippen LogP) is 1.79. The second-order valence-corrected chi connectivity index (χ2v) is 5.41. The summed E-state index contributed by atoms with van der Waals surface area (Å²) in [6.45, 7) is 3.69. The Morgan fingerprint density at radius 1 is 1.35 bits per heavy atom. The summed E-state index contributed by atoms with van der Waals surface area (Å²) in [7, 11) is 0. The lowest BCUT2D eigenvalue weighted by atomic mass is 9.92. The highest BCUT2D eigenvalue weighted by molar-refractivity contribution is 5.88. The normalized spacial score (nSPS) is 16.1. The average molecular weight is 276 g/mol. The van der Waals surface area contributed by atoms with Gasteiger partial charge < -0.3 is 15.7 Å². The summed E-state index contributed by atoms with van der Waals surface area (Å²) >= 11 is 0. The quantitative estimate of drug-likeness (QED) is 0.878. The van der Waals surface area contributed by atoms with Crippen LogP contribution in [-0.2, 0) is 4.79 Å². The van der Waals surface area contributed by atoms with Crippen molar-refractivity contribution >= 4 is 17.6 Å². The Balaban J connectivity index is 2.03. The summed E-state index contributed by atoms with van der Waals surface area (Å²) in [6, 6.07) is 5.21. The van der Waals surface area contributed by atoms with Crippen molar-refractivity contribution in [1.29, 1.82) is 0 Å². The van der Waals surface area contributed by atoms with E-state index in [-0.39, 0.29) is 5.91 Å². The first kappa shape index (κ1) is 14.4. The van der Waals surface area contributed by atoms with E-state index in [4.69, 9.17) is 10.8 Å². The number of piperidine rings is 1. The number of hydrogen-bond acceptors (Lipinski definition) is 3. The van der Waals surface area contributed by atoms with E-state index in [0.29, 0.717) is 17.9 Å². The number of carbonyl (C=O) groups is 2. The number of aryl methyl sites for hydroxylation is 1. The lowest BCUT2D eigenvalue weighted by Crippen LogP contribution is -2.35. The molecular weight excluding hydrogens is 256 g/mol. The maximum atomic E-state index is 10.9. The molecule has 1 aromatic carbocycles. The third-order valence-corrected chi connectivity index (χ3v) is 3.89. The topological polar surface area (TPSA) is 83.6 Å². The molecule has 0 unspecified atom stereocenters. The number of carboxylic acids is 1. The molecule has 108 valence electrons. The first-order valence-electron chi connectivity index (χ1n) is 6.84. The summed E-state index contributed by atoms with van der Waals surface area (Å²) < 4.78 is 0. The van der Waals surface area contributed by atoms with Gasteiger partial charge in [-0.15, -0.1) is 0 Å². The predicted molar refractivity (Wildman–Crippen MR) is 76.9 cm³/mol. The highest BCUT2D eigenvalue weighted by atomic mass is 16.4. The van der Waals surface area contributed by atoms with E-state index < -0.39 is 5.97 Å². The number of rotatable bonds is 4. The number of nitrogens with two attached hydrogens (primary N) is 1. The maximum Gasteiger partial charge on any atom is 0.335 e. The second-order valence-electron chi connectivity index (χ2n) is 5.41. The smallest absolute Gasteiger partial charge is 0.335 e. The monoisotopic (exact) mass is 276 g/mol. The van der Waals surface area contributed by atoms with E-state index in [0.717, 1.165) is 37.2 Å². The van der Waals surface area contributed by atoms with Crippen molar-refractivity contribution in [3.63, 3.8) is 0 Å². The molecule has 1 aliphatic heterocycles. The largest absolute Gasteiger partial charge is 0.478 e. The van der Waals surface area contributed by atoms with E-state index in [9.17, 15) is 9.59 Å². The van der Waals surface area contributed by atoms with Gasteiger partial charge in [0.2, 0.25) is 5.91 Å². The van der Waals surface area contributed by atoms with Crippen molar-refractivity contribution in [1.82, 2.24) is 0 Å². The minimum atomic E-state index is -0.903. The van der Waals surface area contributed by atoms with E-state index >= 15 is 0 Å². The number of carbonyl (C=O) groups excluding carboxylic acids is 1. The van der Waals surface area contributed by atoms with Gasteiger partial charge in [0.25, 0.3) is 0 Å². The molecule has 1 aromatic rings. The number of nitrogens with zero attached hydrogens (tertiary/aromatic N) is 1. The van der Waals surface area contributed by atoms with Gasteiger partial charge in [0, 0.05) is 25.2 Å². The molecule has 20 heavy (non-hydrogen) atoms. The SMILES string of the molecule is Cc1cc(C(=O)O)ccc1N1CCC(CC(N)=O)CC1. The van der Waals surface area contributed by atoms with Crippen LogP contribution in [0.3, 0.4) is 0 Å². The number of aromatic carboxylic acids is 1. The highest BCUT2D eigenvalue weighted by Gasteiger charge is 2.22. The molecule has 3 N–H and O–H groups in total. The zero-order valence-electron chi connectivity index (χ0n) is 11.6. The molecule has 0 radical (unpaired) electrons. The van der Waals surface area contributed by atoms with Crippen molar-refractivity contribution in [2.45, 2.75) is 26.2 Å². The summed E-state index contributed by atoms with van der Waals surface area (Å²) in [6.07, 6.45) is 2.36. The summed E-state index contributed by atoms with van der Waals surface area (Å²) in [5.74, 6) is -0.757. The molecule has 0 spiro atoms. The molecule has 1 saturated heterocycles. The Hall–Kier alpha value is -2.04. The van der Waals surface area contributed by atoms with Gasteiger partial charge in [-0.1, -0.05) is 0 Å². The Morgan fingerprint density at radius 2 is 2.00 bits per heavy atom. The molecule has 5 heteroatoms. The fraction of sp³-hybridized carbons (Fsp3) is 0.467. The zero-order chi connectivity index (χ0) is 14.7. The van der Waals surface area contributed by atoms with Gasteiger partial charge in [-0.25, -0.2) is 4.79 Å². The van der Waals surface area contributed by atoms with Gasteiger partial charge in [-0.3, -0.25) is 4.79 Å². The van der Waals surface area contributed by atoms with Crippen LogP contribution in [0.4, 0.5) is 5.69 Å². The van der Waals surface area contributed by atoms with Crippen LogP contribution < -0.4 is 10.6 Å². The number of hydrogen-bond donors (Lipinski definition) is 2. The fourth-order valence-electron chi connectivity index (χ4n) is 2.81. The van der Waals surface area contributed by atoms with Crippen LogP contribution in [0.15, 0.2) is 18.2 Å². The van der Waals surface area contributed by atoms with E-state index in [2.05, 4.69) is 4.90 Å². The van der Waals surface area contributed by atoms with Gasteiger partial charge in [-0.2, -0.15) is 0 Å². The Bertz CT molecular complexity index is 520. The van der Waals surface area contributed by atoms with Crippen molar-refractivity contribution in [2.75, 3.05) is 18.0 Å². The summed E-state index contributed by atoms with van der Waals surface area (Å²) in [5.41, 5.74) is 7.59. The number of carboxylic acid groups (broad SMARTS) is 1. The summed E-state index contributed by atoms with van der Waals surface area (Å²) in [4.78, 5) is 24.1. The van der Waals surface area contributed by atoms with Crippen molar-refractivity contribution < 1.29 is 14.7 Å². The molecule has 0 saturated carbocycles. The average Bonchev–Trinajstić information content (AvgIpc) is 2.39. The van der Waals surface area contributed by atoms with Gasteiger partial charge in [-0.05, 0) is 49.4 Å². The molecule has 0 aromatic heterocycles. The molecular formula is C15H20N2O3. The molecule has 5 nitrogen and oxygen atoms in total. The van der Waals surface area contributed by atoms with Crippen molar-refractivity contribution in [3.8, 4) is 0 Å². The van der Waals surface area contributed by atoms with Crippen LogP contribution in [0.25, 0.3) is 0 Å². The number of anilines is 1. The number of benzene rings is 1. The van der Waals surface area contributed by atoms with E-state index in [1.54, 1.807) is 12.1 Å². The number of primary amides is 1. The van der Waals surface area contributed by atoms with Crippen LogP contribution in [0.2, 0.25) is 0 Å². The van der Waals surface area contributed by atoms with Crippen LogP contribution in [-0.4, -0.2) is 30.1 Å². The third kappa shape index (κ3) is 3.29. The standard InChI is InChI=1S/C15H20N2O3/c1-10-8-12(15(19)20)2-3-13(10)17-6-4-11(5-7-17)9-14(16)18/h2-3,8,11H,4-7,9H2,1H3,(H2,16,18)(H,19,20). The van der Waals surface area contributed by atoms with Crippen LogP contribution in [0.1, 0.15) is 35.2 Å². The van der Waals surface area contributed by atoms with Crippen LogP contribution >= 0.6 is 0 Å². The number of amides is 1. The van der Waals surface area contributed by atoms with Gasteiger partial charge in [0.05, 0.1) is 5.56 Å². The molecule has 0 atom stereocenters. The molecule has 1 fully saturated rings. The van der Waals surface area contributed by atoms with Gasteiger partial charge in [0.1, 0.15) is 0 Å². The second kappa shape index (κ2) is 5.94. The van der Waals surface area contributed by atoms with E-state index in [1.165, 1.54) is 0 Å². The fourth-order valence-corrected chi connectivity index (χ4v) is 2.81. The zero-order valence-corrected chi connectivity index (χ0v) is 11.6. The lowest BCUT2D eigenvalue weighted by molar-refractivity contribution is -0.119. The van der Waals surface area contributed by atoms with Gasteiger partial charge in [0.15, 0.2) is 0 Å². The minimum absolute atomic E-state index is 0.231. The summed E-state index contributed by atoms with van der Waals surface area (Å²) in [5, 5.41) is 8.97. The maximum absolute atomic E-state index is 10.9. The van der Waals surface area contributed by atoms with Crippen LogP contribution in [0, 0.1) is 12.8 Å². The first-order chi connectivity index (χ1) is 9.47. The lowest BCUT2D eigenvalue weighted by Gasteiger charge is -2.34. The Kier molecular flexibility index (Phi) is 4.27. The highest BCUT2D eigenvalue weighted by Crippen LogP contribution is 2.28. The van der Waals surface area contributed by atoms with Crippen LogP contribution in [0.5, 0.6) is 0 Å². The molecule has 1 aliphatic rings. The molecule has 1 amide bonds. The molecule has 0 bridgehead atoms.